The highest BCUT2D eigenvalue weighted by Crippen LogP contribution is 2.27. The van der Waals surface area contributed by atoms with Gasteiger partial charge in [0.25, 0.3) is 5.91 Å². The molecule has 0 aliphatic rings. The van der Waals surface area contributed by atoms with Crippen LogP contribution in [0, 0.1) is 10.1 Å². The Bertz CT molecular complexity index is 720. The highest BCUT2D eigenvalue weighted by molar-refractivity contribution is 7.88. The van der Waals surface area contributed by atoms with Crippen molar-refractivity contribution in [3.8, 4) is 5.75 Å². The molecule has 1 rings (SSSR count). The van der Waals surface area contributed by atoms with Crippen LogP contribution in [0.3, 0.4) is 0 Å². The number of benzene rings is 1. The predicted molar refractivity (Wildman–Crippen MR) is 93.3 cm³/mol. The number of hydrogen-bond donors (Lipinski definition) is 1. The number of amides is 1. The number of carbonyl (C=O) groups is 1. The number of nitro groups is 1. The van der Waals surface area contributed by atoms with Crippen LogP contribution < -0.4 is 10.1 Å². The lowest BCUT2D eigenvalue weighted by atomic mass is 10.1. The first-order valence-corrected chi connectivity index (χ1v) is 9.70. The molecule has 0 spiro atoms. The maximum atomic E-state index is 12.1. The van der Waals surface area contributed by atoms with E-state index in [0.717, 1.165) is 12.3 Å². The van der Waals surface area contributed by atoms with Crippen LogP contribution in [0.25, 0.3) is 0 Å². The zero-order valence-electron chi connectivity index (χ0n) is 14.5. The van der Waals surface area contributed by atoms with E-state index in [9.17, 15) is 23.3 Å². The fourth-order valence-electron chi connectivity index (χ4n) is 2.20. The van der Waals surface area contributed by atoms with Gasteiger partial charge in [-0.15, -0.1) is 0 Å². The lowest BCUT2D eigenvalue weighted by molar-refractivity contribution is -0.385. The van der Waals surface area contributed by atoms with Gasteiger partial charge in [0.1, 0.15) is 0 Å². The van der Waals surface area contributed by atoms with E-state index in [1.165, 1.54) is 16.4 Å². The topological polar surface area (TPSA) is 119 Å². The van der Waals surface area contributed by atoms with Crippen molar-refractivity contribution in [2.45, 2.75) is 20.3 Å². The van der Waals surface area contributed by atoms with E-state index in [4.69, 9.17) is 4.74 Å². The molecule has 0 aliphatic carbocycles. The van der Waals surface area contributed by atoms with Gasteiger partial charge >= 0.3 is 5.69 Å². The molecule has 9 nitrogen and oxygen atoms in total. The molecule has 1 amide bonds. The summed E-state index contributed by atoms with van der Waals surface area (Å²) in [5.74, 6) is -0.357. The van der Waals surface area contributed by atoms with Gasteiger partial charge in [0.2, 0.25) is 10.0 Å². The van der Waals surface area contributed by atoms with Crippen LogP contribution in [0.1, 0.15) is 30.6 Å². The highest BCUT2D eigenvalue weighted by Gasteiger charge is 2.19. The summed E-state index contributed by atoms with van der Waals surface area (Å²) in [6.45, 7) is 4.63. The Morgan fingerprint density at radius 3 is 2.56 bits per heavy atom. The molecular weight excluding hydrogens is 350 g/mol. The minimum atomic E-state index is -3.26. The molecule has 140 valence electrons. The van der Waals surface area contributed by atoms with E-state index in [-0.39, 0.29) is 30.2 Å². The molecule has 0 atom stereocenters. The maximum Gasteiger partial charge on any atom is 0.311 e. The Morgan fingerprint density at radius 2 is 2.04 bits per heavy atom. The predicted octanol–water partition coefficient (Wildman–Crippen LogP) is 1.39. The number of nitrogens with zero attached hydrogens (tertiary/aromatic N) is 2. The first kappa shape index (κ1) is 20.8. The largest absolute Gasteiger partial charge is 0.487 e. The molecular formula is C15H23N3O6S. The number of nitrogens with one attached hydrogen (secondary N) is 1. The molecule has 1 N–H and O–H groups in total. The monoisotopic (exact) mass is 373 g/mol. The van der Waals surface area contributed by atoms with Gasteiger partial charge < -0.3 is 10.1 Å². The van der Waals surface area contributed by atoms with Gasteiger partial charge in [0.05, 0.1) is 17.8 Å². The molecule has 0 aliphatic heterocycles. The Morgan fingerprint density at radius 1 is 1.36 bits per heavy atom. The number of carbonyl (C=O) groups excluding carboxylic acids is 1. The van der Waals surface area contributed by atoms with Gasteiger partial charge in [-0.25, -0.2) is 12.7 Å². The van der Waals surface area contributed by atoms with Crippen molar-refractivity contribution >= 4 is 21.6 Å². The highest BCUT2D eigenvalue weighted by atomic mass is 32.2. The summed E-state index contributed by atoms with van der Waals surface area (Å²) >= 11 is 0. The summed E-state index contributed by atoms with van der Waals surface area (Å²) in [5.41, 5.74) is -0.130. The van der Waals surface area contributed by atoms with Gasteiger partial charge in [-0.1, -0.05) is 6.92 Å². The number of sulfonamides is 1. The summed E-state index contributed by atoms with van der Waals surface area (Å²) in [7, 11) is -3.26. The summed E-state index contributed by atoms with van der Waals surface area (Å²) < 4.78 is 29.4. The third-order valence-corrected chi connectivity index (χ3v) is 4.79. The molecule has 0 heterocycles. The lowest BCUT2D eigenvalue weighted by Crippen LogP contribution is -2.33. The number of ether oxygens (including phenoxy) is 1. The second-order valence-electron chi connectivity index (χ2n) is 5.24. The molecule has 10 heteroatoms. The molecule has 0 saturated heterocycles. The SMILES string of the molecule is CCOc1ccc(C(=O)NCCCN(CC)S(C)(=O)=O)cc1[N+](=O)[O-]. The van der Waals surface area contributed by atoms with Gasteiger partial charge in [-0.05, 0) is 25.5 Å². The van der Waals surface area contributed by atoms with E-state index >= 15 is 0 Å². The molecule has 0 bridgehead atoms. The number of nitro benzene ring substituents is 1. The van der Waals surface area contributed by atoms with E-state index in [1.807, 2.05) is 0 Å². The van der Waals surface area contributed by atoms with Crippen LogP contribution in [0.5, 0.6) is 5.75 Å². The van der Waals surface area contributed by atoms with Crippen molar-refractivity contribution in [2.24, 2.45) is 0 Å². The van der Waals surface area contributed by atoms with Gasteiger partial charge in [0, 0.05) is 31.3 Å². The van der Waals surface area contributed by atoms with Crippen molar-refractivity contribution in [3.63, 3.8) is 0 Å². The minimum Gasteiger partial charge on any atom is -0.487 e. The quantitative estimate of drug-likeness (QED) is 0.376. The van der Waals surface area contributed by atoms with E-state index in [1.54, 1.807) is 13.8 Å². The minimum absolute atomic E-state index is 0.107. The molecule has 0 aromatic heterocycles. The van der Waals surface area contributed by atoms with Crippen molar-refractivity contribution in [2.75, 3.05) is 32.5 Å². The molecule has 1 aromatic carbocycles. The fourth-order valence-corrected chi connectivity index (χ4v) is 3.13. The van der Waals surface area contributed by atoms with Crippen molar-refractivity contribution in [1.29, 1.82) is 0 Å². The second kappa shape index (κ2) is 9.33. The maximum absolute atomic E-state index is 12.1. The van der Waals surface area contributed by atoms with E-state index < -0.39 is 20.9 Å². The lowest BCUT2D eigenvalue weighted by Gasteiger charge is -2.17. The standard InChI is InChI=1S/C15H23N3O6S/c1-4-17(25(3,22)23)10-6-9-16-15(19)12-7-8-14(24-5-2)13(11-12)18(20)21/h7-8,11H,4-6,9-10H2,1-3H3,(H,16,19). The Hall–Kier alpha value is -2.20. The van der Waals surface area contributed by atoms with Gasteiger partial charge in [0.15, 0.2) is 5.75 Å². The van der Waals surface area contributed by atoms with Crippen LogP contribution in [0.2, 0.25) is 0 Å². The summed E-state index contributed by atoms with van der Waals surface area (Å²) in [5, 5.41) is 13.7. The van der Waals surface area contributed by atoms with E-state index in [0.29, 0.717) is 19.5 Å². The van der Waals surface area contributed by atoms with Crippen molar-refractivity contribution in [3.05, 3.63) is 33.9 Å². The van der Waals surface area contributed by atoms with E-state index in [2.05, 4.69) is 5.32 Å². The number of rotatable bonds is 10. The summed E-state index contributed by atoms with van der Waals surface area (Å²) in [6, 6.07) is 4.00. The summed E-state index contributed by atoms with van der Waals surface area (Å²) in [4.78, 5) is 22.6. The average molecular weight is 373 g/mol. The van der Waals surface area contributed by atoms with Crippen LogP contribution in [-0.4, -0.2) is 56.1 Å². The molecule has 0 saturated carbocycles. The van der Waals surface area contributed by atoms with Gasteiger partial charge in [-0.3, -0.25) is 14.9 Å². The Balaban J connectivity index is 2.66. The average Bonchev–Trinajstić information content (AvgIpc) is 2.53. The van der Waals surface area contributed by atoms with Gasteiger partial charge in [-0.2, -0.15) is 0 Å². The van der Waals surface area contributed by atoms with Crippen LogP contribution >= 0.6 is 0 Å². The normalized spacial score (nSPS) is 11.4. The smallest absolute Gasteiger partial charge is 0.311 e. The fraction of sp³-hybridized carbons (Fsp3) is 0.533. The molecule has 0 unspecified atom stereocenters. The molecule has 1 aromatic rings. The molecule has 0 radical (unpaired) electrons. The van der Waals surface area contributed by atoms with Crippen LogP contribution in [0.4, 0.5) is 5.69 Å². The third-order valence-electron chi connectivity index (χ3n) is 3.41. The van der Waals surface area contributed by atoms with Crippen molar-refractivity contribution < 1.29 is 22.9 Å². The zero-order chi connectivity index (χ0) is 19.0. The molecule has 0 fully saturated rings. The van der Waals surface area contributed by atoms with Crippen LogP contribution in [-0.2, 0) is 10.0 Å². The Labute approximate surface area is 147 Å². The summed E-state index contributed by atoms with van der Waals surface area (Å²) in [6.07, 6.45) is 1.57. The number of hydrogen-bond acceptors (Lipinski definition) is 6. The first-order chi connectivity index (χ1) is 11.7. The van der Waals surface area contributed by atoms with Crippen molar-refractivity contribution in [1.82, 2.24) is 9.62 Å². The first-order valence-electron chi connectivity index (χ1n) is 7.85. The van der Waals surface area contributed by atoms with Crippen LogP contribution in [0.15, 0.2) is 18.2 Å². The zero-order valence-corrected chi connectivity index (χ0v) is 15.3. The third kappa shape index (κ3) is 6.31. The second-order valence-corrected chi connectivity index (χ2v) is 7.22. The Kier molecular flexibility index (Phi) is 7.78. The molecule has 25 heavy (non-hydrogen) atoms.